The highest BCUT2D eigenvalue weighted by Crippen LogP contribution is 2.34. The van der Waals surface area contributed by atoms with Crippen LogP contribution in [0.25, 0.3) is 0 Å². The van der Waals surface area contributed by atoms with Crippen molar-refractivity contribution in [1.82, 2.24) is 0 Å². The number of thioether (sulfide) groups is 1. The minimum absolute atomic E-state index is 0.135. The Morgan fingerprint density at radius 1 is 1.43 bits per heavy atom. The number of aryl methyl sites for hydroxylation is 1. The van der Waals surface area contributed by atoms with Crippen LogP contribution in [0.1, 0.15) is 31.4 Å². The molecule has 2 nitrogen and oxygen atoms in total. The summed E-state index contributed by atoms with van der Waals surface area (Å²) < 4.78 is 5.24. The highest BCUT2D eigenvalue weighted by Gasteiger charge is 2.24. The van der Waals surface area contributed by atoms with E-state index in [2.05, 4.69) is 0 Å². The molecule has 78 valence electrons. The SMILES string of the molecule is Cc1cc(SC2CCCCC2O)co1. The fraction of sp³-hybridized carbons (Fsp3) is 0.636. The smallest absolute Gasteiger partial charge is 0.104 e. The van der Waals surface area contributed by atoms with Crippen molar-refractivity contribution < 1.29 is 9.52 Å². The molecule has 0 bridgehead atoms. The second-order valence-electron chi connectivity index (χ2n) is 3.90. The van der Waals surface area contributed by atoms with Crippen molar-refractivity contribution in [3.8, 4) is 0 Å². The topological polar surface area (TPSA) is 33.4 Å². The van der Waals surface area contributed by atoms with Gasteiger partial charge in [-0.2, -0.15) is 0 Å². The fourth-order valence-corrected chi connectivity index (χ4v) is 3.14. The number of hydrogen-bond acceptors (Lipinski definition) is 3. The molecule has 1 saturated carbocycles. The van der Waals surface area contributed by atoms with Crippen LogP contribution in [-0.2, 0) is 0 Å². The van der Waals surface area contributed by atoms with E-state index in [-0.39, 0.29) is 6.10 Å². The van der Waals surface area contributed by atoms with E-state index in [4.69, 9.17) is 4.42 Å². The Balaban J connectivity index is 1.95. The van der Waals surface area contributed by atoms with E-state index in [1.165, 1.54) is 12.8 Å². The Bertz CT molecular complexity index is 295. The van der Waals surface area contributed by atoms with Crippen LogP contribution in [-0.4, -0.2) is 16.5 Å². The average Bonchev–Trinajstić information content (AvgIpc) is 2.56. The Kier molecular flexibility index (Phi) is 3.19. The van der Waals surface area contributed by atoms with E-state index in [9.17, 15) is 5.11 Å². The molecular weight excluding hydrogens is 196 g/mol. The van der Waals surface area contributed by atoms with Gasteiger partial charge in [-0.25, -0.2) is 0 Å². The maximum atomic E-state index is 9.79. The van der Waals surface area contributed by atoms with Gasteiger partial charge in [0, 0.05) is 10.1 Å². The lowest BCUT2D eigenvalue weighted by atomic mass is 9.97. The van der Waals surface area contributed by atoms with Gasteiger partial charge in [0.15, 0.2) is 0 Å². The van der Waals surface area contributed by atoms with Gasteiger partial charge in [-0.3, -0.25) is 0 Å². The van der Waals surface area contributed by atoms with E-state index in [1.54, 1.807) is 18.0 Å². The zero-order valence-corrected chi connectivity index (χ0v) is 9.22. The summed E-state index contributed by atoms with van der Waals surface area (Å²) in [5.74, 6) is 0.942. The minimum Gasteiger partial charge on any atom is -0.468 e. The Morgan fingerprint density at radius 3 is 2.86 bits per heavy atom. The van der Waals surface area contributed by atoms with Gasteiger partial charge in [-0.15, -0.1) is 11.8 Å². The molecule has 0 amide bonds. The third-order valence-corrected chi connectivity index (χ3v) is 4.00. The van der Waals surface area contributed by atoms with Crippen molar-refractivity contribution >= 4 is 11.8 Å². The number of rotatable bonds is 2. The predicted molar refractivity (Wildman–Crippen MR) is 57.6 cm³/mol. The van der Waals surface area contributed by atoms with E-state index in [1.807, 2.05) is 13.0 Å². The molecule has 1 aromatic rings. The maximum absolute atomic E-state index is 9.79. The van der Waals surface area contributed by atoms with Crippen LogP contribution in [0.5, 0.6) is 0 Å². The summed E-state index contributed by atoms with van der Waals surface area (Å²) in [4.78, 5) is 1.15. The molecule has 1 aliphatic carbocycles. The second kappa shape index (κ2) is 4.41. The molecule has 2 rings (SSSR count). The fourth-order valence-electron chi connectivity index (χ4n) is 1.87. The highest BCUT2D eigenvalue weighted by molar-refractivity contribution is 8.00. The summed E-state index contributed by atoms with van der Waals surface area (Å²) in [5, 5.41) is 10.1. The largest absolute Gasteiger partial charge is 0.468 e. The molecule has 3 heteroatoms. The maximum Gasteiger partial charge on any atom is 0.104 e. The molecule has 0 spiro atoms. The van der Waals surface area contributed by atoms with Crippen LogP contribution in [0.3, 0.4) is 0 Å². The van der Waals surface area contributed by atoms with Gasteiger partial charge in [0.25, 0.3) is 0 Å². The lowest BCUT2D eigenvalue weighted by molar-refractivity contribution is 0.137. The lowest BCUT2D eigenvalue weighted by Gasteiger charge is -2.26. The first kappa shape index (κ1) is 10.1. The van der Waals surface area contributed by atoms with E-state index >= 15 is 0 Å². The Hall–Kier alpha value is -0.410. The molecular formula is C11H16O2S. The lowest BCUT2D eigenvalue weighted by Crippen LogP contribution is -2.26. The highest BCUT2D eigenvalue weighted by atomic mass is 32.2. The van der Waals surface area contributed by atoms with Gasteiger partial charge in [-0.1, -0.05) is 12.8 Å². The van der Waals surface area contributed by atoms with E-state index in [0.717, 1.165) is 23.5 Å². The van der Waals surface area contributed by atoms with Crippen LogP contribution in [0.4, 0.5) is 0 Å². The quantitative estimate of drug-likeness (QED) is 0.818. The van der Waals surface area contributed by atoms with Gasteiger partial charge in [0.05, 0.1) is 6.10 Å². The molecule has 1 N–H and O–H groups in total. The molecule has 2 unspecified atom stereocenters. The van der Waals surface area contributed by atoms with Crippen molar-refractivity contribution in [2.24, 2.45) is 0 Å². The molecule has 0 saturated heterocycles. The third kappa shape index (κ3) is 2.34. The first-order valence-electron chi connectivity index (χ1n) is 5.15. The molecule has 0 aliphatic heterocycles. The number of aliphatic hydroxyl groups excluding tert-OH is 1. The van der Waals surface area contributed by atoms with Crippen LogP contribution in [0.15, 0.2) is 21.6 Å². The molecule has 1 fully saturated rings. The van der Waals surface area contributed by atoms with Gasteiger partial charge in [0.2, 0.25) is 0 Å². The standard InChI is InChI=1S/C11H16O2S/c1-8-6-9(7-13-8)14-11-5-3-2-4-10(11)12/h6-7,10-12H,2-5H2,1H3. The van der Waals surface area contributed by atoms with Gasteiger partial charge in [0.1, 0.15) is 12.0 Å². The molecule has 1 heterocycles. The normalized spacial score (nSPS) is 27.9. The summed E-state index contributed by atoms with van der Waals surface area (Å²) in [6.45, 7) is 1.95. The predicted octanol–water partition coefficient (Wildman–Crippen LogP) is 2.98. The molecule has 1 aliphatic rings. The third-order valence-electron chi connectivity index (χ3n) is 2.66. The minimum atomic E-state index is -0.135. The number of hydrogen-bond donors (Lipinski definition) is 1. The molecule has 2 atom stereocenters. The molecule has 1 aromatic heterocycles. The Labute approximate surface area is 88.7 Å². The van der Waals surface area contributed by atoms with Gasteiger partial charge < -0.3 is 9.52 Å². The van der Waals surface area contributed by atoms with Crippen LogP contribution < -0.4 is 0 Å². The first-order chi connectivity index (χ1) is 6.75. The Morgan fingerprint density at radius 2 is 2.21 bits per heavy atom. The van der Waals surface area contributed by atoms with E-state index in [0.29, 0.717) is 5.25 Å². The number of aliphatic hydroxyl groups is 1. The number of furan rings is 1. The summed E-state index contributed by atoms with van der Waals surface area (Å²) in [5.41, 5.74) is 0. The molecule has 0 aromatic carbocycles. The monoisotopic (exact) mass is 212 g/mol. The summed E-state index contributed by atoms with van der Waals surface area (Å²) in [7, 11) is 0. The summed E-state index contributed by atoms with van der Waals surface area (Å²) in [6, 6.07) is 2.03. The zero-order valence-electron chi connectivity index (χ0n) is 8.40. The van der Waals surface area contributed by atoms with Crippen LogP contribution in [0.2, 0.25) is 0 Å². The average molecular weight is 212 g/mol. The van der Waals surface area contributed by atoms with Crippen molar-refractivity contribution in [3.63, 3.8) is 0 Å². The van der Waals surface area contributed by atoms with Crippen molar-refractivity contribution in [2.75, 3.05) is 0 Å². The van der Waals surface area contributed by atoms with Crippen molar-refractivity contribution in [2.45, 2.75) is 48.9 Å². The second-order valence-corrected chi connectivity index (χ2v) is 5.21. The summed E-state index contributed by atoms with van der Waals surface area (Å²) >= 11 is 1.75. The van der Waals surface area contributed by atoms with E-state index < -0.39 is 0 Å². The molecule has 14 heavy (non-hydrogen) atoms. The summed E-state index contributed by atoms with van der Waals surface area (Å²) in [6.07, 6.45) is 6.13. The van der Waals surface area contributed by atoms with Crippen molar-refractivity contribution in [3.05, 3.63) is 18.1 Å². The van der Waals surface area contributed by atoms with Gasteiger partial charge >= 0.3 is 0 Å². The van der Waals surface area contributed by atoms with Gasteiger partial charge in [-0.05, 0) is 25.8 Å². The van der Waals surface area contributed by atoms with Crippen LogP contribution in [0, 0.1) is 6.92 Å². The first-order valence-corrected chi connectivity index (χ1v) is 6.03. The zero-order chi connectivity index (χ0) is 9.97. The van der Waals surface area contributed by atoms with Crippen molar-refractivity contribution in [1.29, 1.82) is 0 Å². The van der Waals surface area contributed by atoms with Crippen LogP contribution >= 0.6 is 11.8 Å². The molecule has 0 radical (unpaired) electrons.